The fourth-order valence-electron chi connectivity index (χ4n) is 2.57. The normalized spacial score (nSPS) is 12.7. The molecule has 3 rings (SSSR count). The van der Waals surface area contributed by atoms with Crippen LogP contribution in [0, 0.1) is 0 Å². The maximum absolute atomic E-state index is 12.0. The molecule has 1 aliphatic rings. The van der Waals surface area contributed by atoms with Gasteiger partial charge in [0.2, 0.25) is 0 Å². The molecule has 0 fully saturated rings. The summed E-state index contributed by atoms with van der Waals surface area (Å²) < 4.78 is 5.07. The Labute approximate surface area is 135 Å². The van der Waals surface area contributed by atoms with Crippen LogP contribution in [0.2, 0.25) is 0 Å². The molecule has 4 N–H and O–H groups in total. The van der Waals surface area contributed by atoms with Gasteiger partial charge in [0.1, 0.15) is 10.8 Å². The van der Waals surface area contributed by atoms with Crippen molar-refractivity contribution in [1.29, 1.82) is 0 Å². The van der Waals surface area contributed by atoms with E-state index in [4.69, 9.17) is 10.2 Å². The molecule has 0 bridgehead atoms. The Morgan fingerprint density at radius 1 is 1.26 bits per heavy atom. The molecule has 0 aromatic carbocycles. The zero-order valence-corrected chi connectivity index (χ0v) is 13.0. The van der Waals surface area contributed by atoms with Gasteiger partial charge in [-0.1, -0.05) is 0 Å². The number of amides is 3. The number of anilines is 1. The number of rotatable bonds is 4. The van der Waals surface area contributed by atoms with Crippen molar-refractivity contribution in [1.82, 2.24) is 5.32 Å². The van der Waals surface area contributed by atoms with E-state index in [1.54, 1.807) is 12.1 Å². The molecule has 0 spiro atoms. The van der Waals surface area contributed by atoms with Crippen LogP contribution in [-0.4, -0.2) is 17.7 Å². The molecule has 120 valence electrons. The molecule has 0 aliphatic heterocycles. The van der Waals surface area contributed by atoms with Gasteiger partial charge in [0, 0.05) is 4.88 Å². The second-order valence-electron chi connectivity index (χ2n) is 5.14. The van der Waals surface area contributed by atoms with E-state index in [0.717, 1.165) is 29.7 Å². The first kappa shape index (κ1) is 15.3. The van der Waals surface area contributed by atoms with Gasteiger partial charge in [0.05, 0.1) is 18.4 Å². The third-order valence-corrected chi connectivity index (χ3v) is 4.81. The van der Waals surface area contributed by atoms with Crippen molar-refractivity contribution >= 4 is 34.1 Å². The van der Waals surface area contributed by atoms with E-state index in [0.29, 0.717) is 16.3 Å². The summed E-state index contributed by atoms with van der Waals surface area (Å²) in [5.41, 5.74) is 6.64. The first-order valence-corrected chi connectivity index (χ1v) is 7.94. The Kier molecular flexibility index (Phi) is 4.16. The number of nitrogens with one attached hydrogen (secondary N) is 2. The monoisotopic (exact) mass is 333 g/mol. The van der Waals surface area contributed by atoms with Gasteiger partial charge < -0.3 is 20.8 Å². The number of carbonyl (C=O) groups is 3. The van der Waals surface area contributed by atoms with Crippen LogP contribution in [0.15, 0.2) is 22.8 Å². The number of thiophene rings is 1. The Morgan fingerprint density at radius 3 is 2.78 bits per heavy atom. The Hall–Kier alpha value is -2.61. The first-order valence-electron chi connectivity index (χ1n) is 7.12. The molecular weight excluding hydrogens is 318 g/mol. The van der Waals surface area contributed by atoms with Crippen molar-refractivity contribution in [2.75, 3.05) is 5.32 Å². The van der Waals surface area contributed by atoms with E-state index >= 15 is 0 Å². The second kappa shape index (κ2) is 6.25. The fraction of sp³-hybridized carbons (Fsp3) is 0.267. The lowest BCUT2D eigenvalue weighted by atomic mass is 10.1. The lowest BCUT2D eigenvalue weighted by Crippen LogP contribution is -2.35. The molecule has 7 nitrogen and oxygen atoms in total. The lowest BCUT2D eigenvalue weighted by Gasteiger charge is -2.06. The van der Waals surface area contributed by atoms with E-state index in [2.05, 4.69) is 10.6 Å². The van der Waals surface area contributed by atoms with Crippen molar-refractivity contribution in [2.24, 2.45) is 5.73 Å². The average molecular weight is 333 g/mol. The summed E-state index contributed by atoms with van der Waals surface area (Å²) in [4.78, 5) is 36.5. The highest BCUT2D eigenvalue weighted by Crippen LogP contribution is 2.38. The van der Waals surface area contributed by atoms with Crippen molar-refractivity contribution in [3.63, 3.8) is 0 Å². The number of fused-ring (bicyclic) bond motifs is 1. The molecule has 2 aromatic rings. The summed E-state index contributed by atoms with van der Waals surface area (Å²) in [5.74, 6) is -1.68. The van der Waals surface area contributed by atoms with Crippen molar-refractivity contribution in [3.8, 4) is 0 Å². The standard InChI is InChI=1S/C15H15N3O4S/c16-12(19)11-9-4-1-5-10(9)23-15(11)18-14(21)13(20)17-7-8-3-2-6-22-8/h2-3,6H,1,4-5,7H2,(H2,16,19)(H,17,20)(H,18,21). The van der Waals surface area contributed by atoms with E-state index in [1.165, 1.54) is 17.6 Å². The highest BCUT2D eigenvalue weighted by atomic mass is 32.1. The number of hydrogen-bond acceptors (Lipinski definition) is 5. The van der Waals surface area contributed by atoms with Gasteiger partial charge >= 0.3 is 11.8 Å². The fourth-order valence-corrected chi connectivity index (χ4v) is 3.86. The number of hydrogen-bond donors (Lipinski definition) is 3. The van der Waals surface area contributed by atoms with Gasteiger partial charge in [-0.15, -0.1) is 11.3 Å². The van der Waals surface area contributed by atoms with Crippen LogP contribution < -0.4 is 16.4 Å². The molecule has 2 aromatic heterocycles. The first-order chi connectivity index (χ1) is 11.1. The van der Waals surface area contributed by atoms with Crippen LogP contribution in [0.5, 0.6) is 0 Å². The largest absolute Gasteiger partial charge is 0.467 e. The summed E-state index contributed by atoms with van der Waals surface area (Å²) in [5, 5.41) is 5.28. The second-order valence-corrected chi connectivity index (χ2v) is 6.25. The van der Waals surface area contributed by atoms with E-state index < -0.39 is 17.7 Å². The minimum atomic E-state index is -0.834. The number of nitrogens with two attached hydrogens (primary N) is 1. The quantitative estimate of drug-likeness (QED) is 0.729. The molecule has 1 aliphatic carbocycles. The number of aryl methyl sites for hydroxylation is 1. The Bertz CT molecular complexity index is 764. The minimum Gasteiger partial charge on any atom is -0.467 e. The van der Waals surface area contributed by atoms with Crippen LogP contribution in [0.3, 0.4) is 0 Å². The van der Waals surface area contributed by atoms with Crippen LogP contribution in [-0.2, 0) is 29.0 Å². The van der Waals surface area contributed by atoms with Crippen molar-refractivity contribution in [2.45, 2.75) is 25.8 Å². The molecule has 8 heteroatoms. The minimum absolute atomic E-state index is 0.114. The molecule has 0 saturated heterocycles. The average Bonchev–Trinajstić information content (AvgIpc) is 3.20. The molecule has 3 amide bonds. The van der Waals surface area contributed by atoms with Gasteiger partial charge in [0.15, 0.2) is 0 Å². The number of furan rings is 1. The van der Waals surface area contributed by atoms with E-state index in [9.17, 15) is 14.4 Å². The molecule has 0 saturated carbocycles. The predicted octanol–water partition coefficient (Wildman–Crippen LogP) is 1.18. The van der Waals surface area contributed by atoms with Gasteiger partial charge in [-0.25, -0.2) is 0 Å². The van der Waals surface area contributed by atoms with Gasteiger partial charge in [-0.2, -0.15) is 0 Å². The Balaban J connectivity index is 1.68. The van der Waals surface area contributed by atoms with Crippen LogP contribution in [0.4, 0.5) is 5.00 Å². The van der Waals surface area contributed by atoms with Crippen LogP contribution in [0.25, 0.3) is 0 Å². The topological polar surface area (TPSA) is 114 Å². The Morgan fingerprint density at radius 2 is 2.09 bits per heavy atom. The van der Waals surface area contributed by atoms with Gasteiger partial charge in [-0.3, -0.25) is 14.4 Å². The summed E-state index contributed by atoms with van der Waals surface area (Å²) >= 11 is 1.31. The number of primary amides is 1. The maximum atomic E-state index is 12.0. The van der Waals surface area contributed by atoms with Gasteiger partial charge in [0.25, 0.3) is 5.91 Å². The summed E-state index contributed by atoms with van der Waals surface area (Å²) in [6.45, 7) is 0.114. The molecular formula is C15H15N3O4S. The highest BCUT2D eigenvalue weighted by Gasteiger charge is 2.27. The maximum Gasteiger partial charge on any atom is 0.314 e. The van der Waals surface area contributed by atoms with E-state index in [-0.39, 0.29) is 6.54 Å². The molecule has 0 atom stereocenters. The zero-order chi connectivity index (χ0) is 16.4. The third-order valence-electron chi connectivity index (χ3n) is 3.60. The predicted molar refractivity (Wildman–Crippen MR) is 84.0 cm³/mol. The van der Waals surface area contributed by atoms with Crippen molar-refractivity contribution in [3.05, 3.63) is 40.2 Å². The summed E-state index contributed by atoms with van der Waals surface area (Å²) in [6, 6.07) is 3.38. The highest BCUT2D eigenvalue weighted by molar-refractivity contribution is 7.17. The molecule has 0 unspecified atom stereocenters. The molecule has 0 radical (unpaired) electrons. The van der Waals surface area contributed by atoms with Crippen molar-refractivity contribution < 1.29 is 18.8 Å². The lowest BCUT2D eigenvalue weighted by molar-refractivity contribution is -0.136. The molecule has 2 heterocycles. The zero-order valence-electron chi connectivity index (χ0n) is 12.2. The number of carbonyl (C=O) groups excluding carboxylic acids is 3. The van der Waals surface area contributed by atoms with E-state index in [1.807, 2.05) is 0 Å². The SMILES string of the molecule is NC(=O)c1c(NC(=O)C(=O)NCc2ccco2)sc2c1CCC2. The van der Waals surface area contributed by atoms with Gasteiger partial charge in [-0.05, 0) is 37.0 Å². The summed E-state index contributed by atoms with van der Waals surface area (Å²) in [6.07, 6.45) is 4.08. The third kappa shape index (κ3) is 3.11. The van der Waals surface area contributed by atoms with Crippen LogP contribution in [0.1, 0.15) is 33.0 Å². The molecule has 23 heavy (non-hydrogen) atoms. The summed E-state index contributed by atoms with van der Waals surface area (Å²) in [7, 11) is 0. The van der Waals surface area contributed by atoms with Crippen LogP contribution >= 0.6 is 11.3 Å². The smallest absolute Gasteiger partial charge is 0.314 e.